The molecule has 0 radical (unpaired) electrons. The van der Waals surface area contributed by atoms with E-state index in [1.165, 1.54) is 17.4 Å². The number of thiophene rings is 1. The van der Waals surface area contributed by atoms with Crippen molar-refractivity contribution in [3.63, 3.8) is 0 Å². The minimum atomic E-state index is -0.422. The second kappa shape index (κ2) is 6.30. The zero-order valence-corrected chi connectivity index (χ0v) is 12.2. The van der Waals surface area contributed by atoms with Crippen LogP contribution in [-0.4, -0.2) is 12.5 Å². The van der Waals surface area contributed by atoms with Gasteiger partial charge < -0.3 is 4.74 Å². The number of rotatable bonds is 5. The largest absolute Gasteiger partial charge is 0.376 e. The second-order valence-electron chi connectivity index (χ2n) is 4.91. The van der Waals surface area contributed by atoms with Gasteiger partial charge in [0.05, 0.1) is 6.61 Å². The number of hydrogen-bond donors (Lipinski definition) is 2. The van der Waals surface area contributed by atoms with Gasteiger partial charge in [0.25, 0.3) is 5.91 Å². The van der Waals surface area contributed by atoms with E-state index in [0.29, 0.717) is 33.1 Å². The normalized spacial score (nSPS) is 11.2. The minimum Gasteiger partial charge on any atom is -0.376 e. The lowest BCUT2D eigenvalue weighted by Crippen LogP contribution is -2.30. The number of nitrogens with one attached hydrogen (secondary N) is 1. The van der Waals surface area contributed by atoms with Crippen molar-refractivity contribution in [3.05, 3.63) is 34.5 Å². The molecule has 2 rings (SSSR count). The van der Waals surface area contributed by atoms with Gasteiger partial charge in [-0.25, -0.2) is 10.2 Å². The molecule has 3 N–H and O–H groups in total. The molecule has 0 aliphatic rings. The van der Waals surface area contributed by atoms with Crippen LogP contribution in [0.4, 0.5) is 4.39 Å². The maximum absolute atomic E-state index is 14.0. The van der Waals surface area contributed by atoms with E-state index in [0.717, 1.165) is 0 Å². The van der Waals surface area contributed by atoms with Crippen molar-refractivity contribution >= 4 is 27.3 Å². The zero-order valence-electron chi connectivity index (χ0n) is 11.4. The molecule has 1 amide bonds. The van der Waals surface area contributed by atoms with E-state index >= 15 is 0 Å². The minimum absolute atomic E-state index is 0.196. The summed E-state index contributed by atoms with van der Waals surface area (Å²) in [5, 5.41) is 0.444. The number of nitrogen functional groups attached to an aromatic ring is 1. The van der Waals surface area contributed by atoms with E-state index in [1.807, 2.05) is 13.8 Å². The molecular formula is C14H17FN2O2S. The van der Waals surface area contributed by atoms with Crippen molar-refractivity contribution in [3.8, 4) is 0 Å². The summed E-state index contributed by atoms with van der Waals surface area (Å²) < 4.78 is 20.3. The van der Waals surface area contributed by atoms with Crippen molar-refractivity contribution in [2.24, 2.45) is 11.8 Å². The molecule has 0 unspecified atom stereocenters. The van der Waals surface area contributed by atoms with Crippen LogP contribution in [0, 0.1) is 11.7 Å². The molecule has 0 atom stereocenters. The van der Waals surface area contributed by atoms with E-state index < -0.39 is 5.91 Å². The van der Waals surface area contributed by atoms with Crippen LogP contribution in [0.15, 0.2) is 18.2 Å². The molecule has 0 saturated carbocycles. The molecule has 1 heterocycles. The molecule has 0 fully saturated rings. The van der Waals surface area contributed by atoms with Gasteiger partial charge in [-0.15, -0.1) is 11.3 Å². The summed E-state index contributed by atoms with van der Waals surface area (Å²) >= 11 is 1.22. The first kappa shape index (κ1) is 14.9. The van der Waals surface area contributed by atoms with Crippen molar-refractivity contribution in [2.75, 3.05) is 6.61 Å². The average molecular weight is 296 g/mol. The van der Waals surface area contributed by atoms with E-state index in [-0.39, 0.29) is 12.4 Å². The SMILES string of the molecule is CC(C)COCc1c(C(=O)NN)sc2cccc(F)c12. The van der Waals surface area contributed by atoms with Crippen molar-refractivity contribution < 1.29 is 13.9 Å². The van der Waals surface area contributed by atoms with Gasteiger partial charge in [0, 0.05) is 22.3 Å². The Hall–Kier alpha value is -1.50. The number of hydrazine groups is 1. The molecule has 6 heteroatoms. The van der Waals surface area contributed by atoms with Crippen LogP contribution in [0.1, 0.15) is 29.1 Å². The number of halogens is 1. The van der Waals surface area contributed by atoms with Crippen LogP contribution < -0.4 is 11.3 Å². The maximum atomic E-state index is 14.0. The summed E-state index contributed by atoms with van der Waals surface area (Å²) in [5.41, 5.74) is 2.66. The molecule has 2 aromatic rings. The monoisotopic (exact) mass is 296 g/mol. The molecule has 1 aromatic heterocycles. The smallest absolute Gasteiger partial charge is 0.275 e. The number of hydrogen-bond acceptors (Lipinski definition) is 4. The highest BCUT2D eigenvalue weighted by Gasteiger charge is 2.20. The van der Waals surface area contributed by atoms with Crippen LogP contribution in [0.3, 0.4) is 0 Å². The molecule has 4 nitrogen and oxygen atoms in total. The van der Waals surface area contributed by atoms with Gasteiger partial charge in [-0.3, -0.25) is 10.2 Å². The maximum Gasteiger partial charge on any atom is 0.275 e. The molecule has 108 valence electrons. The molecule has 20 heavy (non-hydrogen) atoms. The van der Waals surface area contributed by atoms with Gasteiger partial charge in [0.1, 0.15) is 10.7 Å². The Labute approximate surface area is 120 Å². The van der Waals surface area contributed by atoms with Gasteiger partial charge >= 0.3 is 0 Å². The van der Waals surface area contributed by atoms with Gasteiger partial charge in [-0.1, -0.05) is 19.9 Å². The van der Waals surface area contributed by atoms with Crippen molar-refractivity contribution in [1.29, 1.82) is 0 Å². The molecule has 1 aromatic carbocycles. The third-order valence-electron chi connectivity index (χ3n) is 2.80. The fourth-order valence-corrected chi connectivity index (χ4v) is 3.08. The summed E-state index contributed by atoms with van der Waals surface area (Å²) in [6, 6.07) is 4.78. The molecule has 0 bridgehead atoms. The summed E-state index contributed by atoms with van der Waals surface area (Å²) in [4.78, 5) is 12.2. The Balaban J connectivity index is 2.43. The highest BCUT2D eigenvalue weighted by Crippen LogP contribution is 2.33. The third-order valence-corrected chi connectivity index (χ3v) is 3.99. The van der Waals surface area contributed by atoms with Gasteiger partial charge in [0.15, 0.2) is 0 Å². The Kier molecular flexibility index (Phi) is 4.69. The first-order chi connectivity index (χ1) is 9.54. The van der Waals surface area contributed by atoms with Crippen LogP contribution in [0.5, 0.6) is 0 Å². The van der Waals surface area contributed by atoms with E-state index in [2.05, 4.69) is 5.43 Å². The number of fused-ring (bicyclic) bond motifs is 1. The number of amides is 1. The predicted octanol–water partition coefficient (Wildman–Crippen LogP) is 2.82. The highest BCUT2D eigenvalue weighted by atomic mass is 32.1. The second-order valence-corrected chi connectivity index (χ2v) is 5.96. The summed E-state index contributed by atoms with van der Waals surface area (Å²) in [6.07, 6.45) is 0. The fraction of sp³-hybridized carbons (Fsp3) is 0.357. The van der Waals surface area contributed by atoms with Crippen LogP contribution in [-0.2, 0) is 11.3 Å². The summed E-state index contributed by atoms with van der Waals surface area (Å²) in [7, 11) is 0. The Bertz CT molecular complexity index is 625. The average Bonchev–Trinajstić information content (AvgIpc) is 2.78. The molecule has 0 saturated heterocycles. The Morgan fingerprint density at radius 1 is 1.50 bits per heavy atom. The molecule has 0 aliphatic carbocycles. The third kappa shape index (κ3) is 2.98. The van der Waals surface area contributed by atoms with Gasteiger partial charge in [0.2, 0.25) is 0 Å². The lowest BCUT2D eigenvalue weighted by molar-refractivity contribution is 0.0913. The van der Waals surface area contributed by atoms with Crippen molar-refractivity contribution in [1.82, 2.24) is 5.43 Å². The number of benzene rings is 1. The topological polar surface area (TPSA) is 64.3 Å². The first-order valence-electron chi connectivity index (χ1n) is 6.33. The zero-order chi connectivity index (χ0) is 14.7. The lowest BCUT2D eigenvalue weighted by atomic mass is 10.1. The molecule has 0 spiro atoms. The van der Waals surface area contributed by atoms with Gasteiger partial charge in [-0.2, -0.15) is 0 Å². The van der Waals surface area contributed by atoms with Gasteiger partial charge in [-0.05, 0) is 18.1 Å². The summed E-state index contributed by atoms with van der Waals surface area (Å²) in [6.45, 7) is 4.80. The van der Waals surface area contributed by atoms with Crippen LogP contribution in [0.25, 0.3) is 10.1 Å². The number of carbonyl (C=O) groups is 1. The number of nitrogens with two attached hydrogens (primary N) is 1. The predicted molar refractivity (Wildman–Crippen MR) is 77.9 cm³/mol. The van der Waals surface area contributed by atoms with Crippen LogP contribution in [0.2, 0.25) is 0 Å². The number of ether oxygens (including phenoxy) is 1. The Morgan fingerprint density at radius 2 is 2.25 bits per heavy atom. The molecular weight excluding hydrogens is 279 g/mol. The summed E-state index contributed by atoms with van der Waals surface area (Å²) in [5.74, 6) is 4.78. The number of carbonyl (C=O) groups excluding carboxylic acids is 1. The Morgan fingerprint density at radius 3 is 2.90 bits per heavy atom. The van der Waals surface area contributed by atoms with Crippen LogP contribution >= 0.6 is 11.3 Å². The van der Waals surface area contributed by atoms with E-state index in [9.17, 15) is 9.18 Å². The molecule has 0 aliphatic heterocycles. The lowest BCUT2D eigenvalue weighted by Gasteiger charge is -2.08. The standard InChI is InChI=1S/C14H17FN2O2S/c1-8(2)6-19-7-9-12-10(15)4-3-5-11(12)20-13(9)14(18)17-16/h3-5,8H,6-7,16H2,1-2H3,(H,17,18). The first-order valence-corrected chi connectivity index (χ1v) is 7.14. The highest BCUT2D eigenvalue weighted by molar-refractivity contribution is 7.21. The van der Waals surface area contributed by atoms with E-state index in [1.54, 1.807) is 12.1 Å². The van der Waals surface area contributed by atoms with E-state index in [4.69, 9.17) is 10.6 Å². The quantitative estimate of drug-likeness (QED) is 0.506. The fourth-order valence-electron chi connectivity index (χ4n) is 1.95. The van der Waals surface area contributed by atoms with Crippen molar-refractivity contribution in [2.45, 2.75) is 20.5 Å².